The highest BCUT2D eigenvalue weighted by Gasteiger charge is 2.27. The first-order valence-corrected chi connectivity index (χ1v) is 8.28. The summed E-state index contributed by atoms with van der Waals surface area (Å²) in [6.45, 7) is 9.90. The molecule has 0 aromatic carbocycles. The van der Waals surface area contributed by atoms with Crippen LogP contribution in [0.4, 0.5) is 0 Å². The molecule has 0 spiro atoms. The SMILES string of the molecule is CCCn1ccnc1C(CC1CN(C)CCN1C)NCC. The number of aromatic nitrogens is 2. The Hall–Kier alpha value is -0.910. The smallest absolute Gasteiger partial charge is 0.125 e. The normalized spacial score (nSPS) is 22.6. The molecule has 1 saturated heterocycles. The van der Waals surface area contributed by atoms with Crippen molar-refractivity contribution < 1.29 is 0 Å². The molecule has 0 saturated carbocycles. The van der Waals surface area contributed by atoms with Crippen molar-refractivity contribution in [3.8, 4) is 0 Å². The van der Waals surface area contributed by atoms with Gasteiger partial charge in [-0.05, 0) is 33.5 Å². The molecule has 1 aliphatic heterocycles. The molecule has 1 aromatic rings. The van der Waals surface area contributed by atoms with Gasteiger partial charge in [-0.1, -0.05) is 13.8 Å². The standard InChI is InChI=1S/C16H31N5/c1-5-8-21-9-7-18-16(21)15(17-6-2)12-14-13-19(3)10-11-20(14)4/h7,9,14-15,17H,5-6,8,10-13H2,1-4H3. The van der Waals surface area contributed by atoms with Gasteiger partial charge in [0.25, 0.3) is 0 Å². The first-order chi connectivity index (χ1) is 10.2. The van der Waals surface area contributed by atoms with Crippen molar-refractivity contribution in [2.24, 2.45) is 0 Å². The zero-order valence-corrected chi connectivity index (χ0v) is 14.0. The maximum Gasteiger partial charge on any atom is 0.125 e. The van der Waals surface area contributed by atoms with Crippen LogP contribution in [0, 0.1) is 0 Å². The molecule has 2 rings (SSSR count). The van der Waals surface area contributed by atoms with Crippen molar-refractivity contribution in [2.45, 2.75) is 45.3 Å². The number of piperazine rings is 1. The highest BCUT2D eigenvalue weighted by atomic mass is 15.3. The summed E-state index contributed by atoms with van der Waals surface area (Å²) in [7, 11) is 4.47. The van der Waals surface area contributed by atoms with Gasteiger partial charge in [0, 0.05) is 44.6 Å². The summed E-state index contributed by atoms with van der Waals surface area (Å²) in [4.78, 5) is 9.57. The van der Waals surface area contributed by atoms with Gasteiger partial charge in [-0.15, -0.1) is 0 Å². The molecule has 0 bridgehead atoms. The third-order valence-electron chi connectivity index (χ3n) is 4.46. The van der Waals surface area contributed by atoms with Crippen LogP contribution in [0.3, 0.4) is 0 Å². The van der Waals surface area contributed by atoms with Crippen LogP contribution in [0.1, 0.15) is 38.6 Å². The fraction of sp³-hybridized carbons (Fsp3) is 0.812. The maximum absolute atomic E-state index is 4.63. The lowest BCUT2D eigenvalue weighted by Crippen LogP contribution is -2.51. The van der Waals surface area contributed by atoms with Crippen LogP contribution in [0.25, 0.3) is 0 Å². The van der Waals surface area contributed by atoms with Crippen molar-refractivity contribution >= 4 is 0 Å². The Morgan fingerprint density at radius 3 is 2.86 bits per heavy atom. The zero-order chi connectivity index (χ0) is 15.2. The zero-order valence-electron chi connectivity index (χ0n) is 14.0. The summed E-state index contributed by atoms with van der Waals surface area (Å²) in [5.74, 6) is 1.19. The maximum atomic E-state index is 4.63. The second kappa shape index (κ2) is 7.92. The van der Waals surface area contributed by atoms with E-state index >= 15 is 0 Å². The Balaban J connectivity index is 2.09. The van der Waals surface area contributed by atoms with Crippen LogP contribution in [0.15, 0.2) is 12.4 Å². The van der Waals surface area contributed by atoms with Gasteiger partial charge in [0.1, 0.15) is 5.82 Å². The number of aryl methyl sites for hydroxylation is 1. The molecule has 1 aromatic heterocycles. The third kappa shape index (κ3) is 4.28. The molecule has 2 unspecified atom stereocenters. The highest BCUT2D eigenvalue weighted by Crippen LogP contribution is 2.21. The van der Waals surface area contributed by atoms with Gasteiger partial charge in [0.2, 0.25) is 0 Å². The van der Waals surface area contributed by atoms with Gasteiger partial charge < -0.3 is 19.7 Å². The average molecular weight is 293 g/mol. The number of hydrogen-bond donors (Lipinski definition) is 1. The van der Waals surface area contributed by atoms with E-state index in [1.54, 1.807) is 0 Å². The van der Waals surface area contributed by atoms with E-state index in [2.05, 4.69) is 58.8 Å². The van der Waals surface area contributed by atoms with Crippen LogP contribution >= 0.6 is 0 Å². The van der Waals surface area contributed by atoms with E-state index in [1.165, 1.54) is 12.4 Å². The molecule has 1 aliphatic rings. The lowest BCUT2D eigenvalue weighted by Gasteiger charge is -2.39. The van der Waals surface area contributed by atoms with Crippen molar-refractivity contribution in [2.75, 3.05) is 40.3 Å². The molecule has 2 heterocycles. The van der Waals surface area contributed by atoms with E-state index in [0.29, 0.717) is 12.1 Å². The minimum Gasteiger partial charge on any atom is -0.334 e. The van der Waals surface area contributed by atoms with Crippen molar-refractivity contribution in [1.29, 1.82) is 0 Å². The molecule has 5 heteroatoms. The number of nitrogens with zero attached hydrogens (tertiary/aromatic N) is 4. The Morgan fingerprint density at radius 2 is 2.14 bits per heavy atom. The minimum absolute atomic E-state index is 0.343. The minimum atomic E-state index is 0.343. The summed E-state index contributed by atoms with van der Waals surface area (Å²) in [6.07, 6.45) is 6.32. The van der Waals surface area contributed by atoms with E-state index < -0.39 is 0 Å². The third-order valence-corrected chi connectivity index (χ3v) is 4.46. The molecule has 1 fully saturated rings. The number of hydrogen-bond acceptors (Lipinski definition) is 4. The van der Waals surface area contributed by atoms with Crippen molar-refractivity contribution in [1.82, 2.24) is 24.7 Å². The first-order valence-electron chi connectivity index (χ1n) is 8.28. The second-order valence-corrected chi connectivity index (χ2v) is 6.22. The fourth-order valence-electron chi connectivity index (χ4n) is 3.22. The number of likely N-dealkylation sites (N-methyl/N-ethyl adjacent to an activating group) is 2. The fourth-order valence-corrected chi connectivity index (χ4v) is 3.22. The van der Waals surface area contributed by atoms with Crippen molar-refractivity contribution in [3.63, 3.8) is 0 Å². The monoisotopic (exact) mass is 293 g/mol. The highest BCUT2D eigenvalue weighted by molar-refractivity contribution is 5.01. The molecule has 21 heavy (non-hydrogen) atoms. The number of nitrogens with one attached hydrogen (secondary N) is 1. The van der Waals surface area contributed by atoms with E-state index in [9.17, 15) is 0 Å². The summed E-state index contributed by atoms with van der Waals surface area (Å²) in [6, 6.07) is 0.940. The lowest BCUT2D eigenvalue weighted by atomic mass is 10.0. The van der Waals surface area contributed by atoms with Crippen LogP contribution in [0.2, 0.25) is 0 Å². The topological polar surface area (TPSA) is 36.3 Å². The Kier molecular flexibility index (Phi) is 6.21. The average Bonchev–Trinajstić information content (AvgIpc) is 2.91. The van der Waals surface area contributed by atoms with Crippen LogP contribution < -0.4 is 5.32 Å². The number of imidazole rings is 1. The lowest BCUT2D eigenvalue weighted by molar-refractivity contribution is 0.0999. The second-order valence-electron chi connectivity index (χ2n) is 6.22. The van der Waals surface area contributed by atoms with Gasteiger partial charge in [-0.25, -0.2) is 4.98 Å². The Bertz CT molecular complexity index is 417. The van der Waals surface area contributed by atoms with Gasteiger partial charge >= 0.3 is 0 Å². The summed E-state index contributed by atoms with van der Waals surface area (Å²) in [5, 5.41) is 3.64. The van der Waals surface area contributed by atoms with E-state index in [-0.39, 0.29) is 0 Å². The quantitative estimate of drug-likeness (QED) is 0.828. The van der Waals surface area contributed by atoms with Gasteiger partial charge in [-0.3, -0.25) is 0 Å². The van der Waals surface area contributed by atoms with Crippen molar-refractivity contribution in [3.05, 3.63) is 18.2 Å². The molecular weight excluding hydrogens is 262 g/mol. The Morgan fingerprint density at radius 1 is 1.33 bits per heavy atom. The summed E-state index contributed by atoms with van der Waals surface area (Å²) < 4.78 is 2.31. The predicted octanol–water partition coefficient (Wildman–Crippen LogP) is 1.58. The van der Waals surface area contributed by atoms with E-state index in [4.69, 9.17) is 0 Å². The number of rotatable bonds is 7. The molecule has 5 nitrogen and oxygen atoms in total. The van der Waals surface area contributed by atoms with E-state index in [1.807, 2.05) is 6.20 Å². The van der Waals surface area contributed by atoms with Crippen LogP contribution in [-0.4, -0.2) is 65.7 Å². The first kappa shape index (κ1) is 16.5. The molecular formula is C16H31N5. The summed E-state index contributed by atoms with van der Waals surface area (Å²) in [5.41, 5.74) is 0. The van der Waals surface area contributed by atoms with Crippen LogP contribution in [-0.2, 0) is 6.54 Å². The molecule has 0 amide bonds. The molecule has 120 valence electrons. The van der Waals surface area contributed by atoms with Gasteiger partial charge in [0.05, 0.1) is 6.04 Å². The van der Waals surface area contributed by atoms with Crippen LogP contribution in [0.5, 0.6) is 0 Å². The molecule has 0 radical (unpaired) electrons. The summed E-state index contributed by atoms with van der Waals surface area (Å²) >= 11 is 0. The van der Waals surface area contributed by atoms with Gasteiger partial charge in [0.15, 0.2) is 0 Å². The predicted molar refractivity (Wildman–Crippen MR) is 87.5 cm³/mol. The van der Waals surface area contributed by atoms with Gasteiger partial charge in [-0.2, -0.15) is 0 Å². The Labute approximate surface area is 129 Å². The molecule has 0 aliphatic carbocycles. The molecule has 1 N–H and O–H groups in total. The molecule has 2 atom stereocenters. The largest absolute Gasteiger partial charge is 0.334 e. The van der Waals surface area contributed by atoms with E-state index in [0.717, 1.165) is 39.0 Å².